The number of piperidine rings is 1. The van der Waals surface area contributed by atoms with E-state index >= 15 is 0 Å². The molecule has 1 amide bonds. The van der Waals surface area contributed by atoms with Gasteiger partial charge in [-0.05, 0) is 55.2 Å². The zero-order valence-electron chi connectivity index (χ0n) is 18.9. The van der Waals surface area contributed by atoms with Gasteiger partial charge in [-0.3, -0.25) is 4.79 Å². The van der Waals surface area contributed by atoms with E-state index in [4.69, 9.17) is 9.47 Å². The van der Waals surface area contributed by atoms with E-state index in [0.29, 0.717) is 36.3 Å². The molecule has 180 valence electrons. The molecule has 1 saturated heterocycles. The van der Waals surface area contributed by atoms with E-state index in [0.717, 1.165) is 16.5 Å². The summed E-state index contributed by atoms with van der Waals surface area (Å²) in [5.41, 5.74) is 3.02. The van der Waals surface area contributed by atoms with Gasteiger partial charge in [0.25, 0.3) is 12.3 Å². The first kappa shape index (κ1) is 23.7. The molecule has 0 saturated carbocycles. The van der Waals surface area contributed by atoms with Crippen LogP contribution < -0.4 is 4.74 Å². The summed E-state index contributed by atoms with van der Waals surface area (Å²) in [6.45, 7) is 1.55. The van der Waals surface area contributed by atoms with Crippen LogP contribution in [0.25, 0.3) is 10.9 Å². The number of fused-ring (bicyclic) bond motifs is 1. The lowest BCUT2D eigenvalue weighted by Crippen LogP contribution is -2.43. The summed E-state index contributed by atoms with van der Waals surface area (Å²) in [5.74, 6) is -0.854. The van der Waals surface area contributed by atoms with Gasteiger partial charge in [-0.15, -0.1) is 0 Å². The Balaban J connectivity index is 1.72. The van der Waals surface area contributed by atoms with Crippen molar-refractivity contribution in [2.24, 2.45) is 0 Å². The maximum Gasteiger partial charge on any atom is 0.335 e. The smallest absolute Gasteiger partial charge is 0.335 e. The molecule has 7 nitrogen and oxygen atoms in total. The monoisotopic (exact) mass is 472 g/mol. The molecule has 3 aromatic rings. The maximum atomic E-state index is 13.9. The van der Waals surface area contributed by atoms with Gasteiger partial charge in [0, 0.05) is 23.6 Å². The van der Waals surface area contributed by atoms with E-state index in [2.05, 4.69) is 4.98 Å². The highest BCUT2D eigenvalue weighted by Gasteiger charge is 2.36. The number of hydrogen-bond acceptors (Lipinski definition) is 4. The Bertz CT molecular complexity index is 1190. The molecule has 1 fully saturated rings. The van der Waals surface area contributed by atoms with Crippen molar-refractivity contribution in [2.45, 2.75) is 38.3 Å². The number of hydrogen-bond donors (Lipinski definition) is 2. The second-order valence-electron chi connectivity index (χ2n) is 8.35. The molecule has 9 heteroatoms. The van der Waals surface area contributed by atoms with Gasteiger partial charge in [0.2, 0.25) is 0 Å². The molecular formula is C25H26F2N2O5. The SMILES string of the molecule is COc1cc(C)c2[nH]ccc2c1C(=O)N1CC[C@H](OCC(F)F)C[C@H]1c1ccc(C(=O)O)cc1. The Kier molecular flexibility index (Phi) is 6.83. The van der Waals surface area contributed by atoms with Crippen molar-refractivity contribution in [3.8, 4) is 5.75 Å². The number of benzene rings is 2. The van der Waals surface area contributed by atoms with Crippen LogP contribution in [0, 0.1) is 6.92 Å². The summed E-state index contributed by atoms with van der Waals surface area (Å²) in [6, 6.07) is 9.41. The highest BCUT2D eigenvalue weighted by atomic mass is 19.3. The van der Waals surface area contributed by atoms with Crippen LogP contribution in [0.2, 0.25) is 0 Å². The second-order valence-corrected chi connectivity index (χ2v) is 8.35. The summed E-state index contributed by atoms with van der Waals surface area (Å²) in [7, 11) is 1.51. The number of carbonyl (C=O) groups excluding carboxylic acids is 1. The van der Waals surface area contributed by atoms with Crippen LogP contribution >= 0.6 is 0 Å². The Morgan fingerprint density at radius 1 is 1.24 bits per heavy atom. The lowest BCUT2D eigenvalue weighted by atomic mass is 9.91. The number of aromatic carboxylic acids is 1. The van der Waals surface area contributed by atoms with Crippen LogP contribution in [0.3, 0.4) is 0 Å². The number of amides is 1. The van der Waals surface area contributed by atoms with Crippen molar-refractivity contribution < 1.29 is 33.0 Å². The molecule has 0 aliphatic carbocycles. The fraction of sp³-hybridized carbons (Fsp3) is 0.360. The molecule has 4 rings (SSSR count). The number of nitrogens with one attached hydrogen (secondary N) is 1. The van der Waals surface area contributed by atoms with E-state index in [9.17, 15) is 23.5 Å². The molecule has 0 spiro atoms. The summed E-state index contributed by atoms with van der Waals surface area (Å²) in [5, 5.41) is 9.96. The van der Waals surface area contributed by atoms with Gasteiger partial charge in [-0.25, -0.2) is 13.6 Å². The van der Waals surface area contributed by atoms with E-state index in [1.807, 2.05) is 13.0 Å². The lowest BCUT2D eigenvalue weighted by Gasteiger charge is -2.40. The summed E-state index contributed by atoms with van der Waals surface area (Å²) in [6.07, 6.45) is -0.538. The van der Waals surface area contributed by atoms with Gasteiger partial charge < -0.3 is 24.5 Å². The van der Waals surface area contributed by atoms with Crippen LogP contribution in [0.1, 0.15) is 50.7 Å². The molecule has 0 bridgehead atoms. The van der Waals surface area contributed by atoms with Crippen molar-refractivity contribution in [1.29, 1.82) is 0 Å². The van der Waals surface area contributed by atoms with E-state index in [1.165, 1.54) is 19.2 Å². The fourth-order valence-corrected chi connectivity index (χ4v) is 4.60. The number of aromatic amines is 1. The molecule has 1 aromatic heterocycles. The Labute approximate surface area is 195 Å². The van der Waals surface area contributed by atoms with Crippen LogP contribution in [-0.4, -0.2) is 59.7 Å². The number of nitrogens with zero attached hydrogens (tertiary/aromatic N) is 1. The number of carboxylic acids is 1. The quantitative estimate of drug-likeness (QED) is 0.515. The topological polar surface area (TPSA) is 91.9 Å². The standard InChI is InChI=1S/C25H26F2N2O5/c1-14-11-20(33-2)22(18-7-9-28-23(14)18)24(30)29-10-8-17(34-13-21(26)27)12-19(29)15-3-5-16(6-4-15)25(31)32/h3-7,9,11,17,19,21,28H,8,10,12-13H2,1-2H3,(H,31,32)/t17-,19-/m0/s1. The largest absolute Gasteiger partial charge is 0.496 e. The first-order valence-electron chi connectivity index (χ1n) is 11.0. The minimum Gasteiger partial charge on any atom is -0.496 e. The average Bonchev–Trinajstić information content (AvgIpc) is 3.32. The summed E-state index contributed by atoms with van der Waals surface area (Å²) in [4.78, 5) is 30.0. The highest BCUT2D eigenvalue weighted by Crippen LogP contribution is 2.38. The minimum atomic E-state index is -2.58. The van der Waals surface area contributed by atoms with Crippen LogP contribution in [0.5, 0.6) is 5.75 Å². The van der Waals surface area contributed by atoms with Gasteiger partial charge in [0.15, 0.2) is 0 Å². The van der Waals surface area contributed by atoms with E-state index in [1.54, 1.807) is 29.3 Å². The van der Waals surface area contributed by atoms with Crippen LogP contribution in [-0.2, 0) is 4.74 Å². The third-order valence-corrected chi connectivity index (χ3v) is 6.25. The number of likely N-dealkylation sites (tertiary alicyclic amines) is 1. The van der Waals surface area contributed by atoms with Crippen LogP contribution in [0.15, 0.2) is 42.6 Å². The Morgan fingerprint density at radius 2 is 1.97 bits per heavy atom. The number of methoxy groups -OCH3 is 1. The average molecular weight is 472 g/mol. The first-order chi connectivity index (χ1) is 16.3. The number of carbonyl (C=O) groups is 2. The summed E-state index contributed by atoms with van der Waals surface area (Å²) >= 11 is 0. The molecule has 1 aliphatic heterocycles. The van der Waals surface area contributed by atoms with Gasteiger partial charge >= 0.3 is 5.97 Å². The van der Waals surface area contributed by atoms with Crippen molar-refractivity contribution in [1.82, 2.24) is 9.88 Å². The molecule has 2 aromatic carbocycles. The molecule has 2 heterocycles. The summed E-state index contributed by atoms with van der Waals surface area (Å²) < 4.78 is 36.4. The van der Waals surface area contributed by atoms with Crippen molar-refractivity contribution in [3.63, 3.8) is 0 Å². The Morgan fingerprint density at radius 3 is 2.62 bits per heavy atom. The van der Waals surface area contributed by atoms with Crippen molar-refractivity contribution >= 4 is 22.8 Å². The van der Waals surface area contributed by atoms with Crippen LogP contribution in [0.4, 0.5) is 8.78 Å². The maximum absolute atomic E-state index is 13.9. The first-order valence-corrected chi connectivity index (χ1v) is 11.0. The number of alkyl halides is 2. The third-order valence-electron chi connectivity index (χ3n) is 6.25. The third kappa shape index (κ3) is 4.61. The highest BCUT2D eigenvalue weighted by molar-refractivity contribution is 6.09. The second kappa shape index (κ2) is 9.80. The van der Waals surface area contributed by atoms with Crippen molar-refractivity contribution in [3.05, 3.63) is 64.8 Å². The molecule has 2 atom stereocenters. The normalized spacial score (nSPS) is 18.4. The van der Waals surface area contributed by atoms with E-state index < -0.39 is 31.1 Å². The number of ether oxygens (including phenoxy) is 2. The van der Waals surface area contributed by atoms with Gasteiger partial charge in [-0.1, -0.05) is 12.1 Å². The number of carboxylic acid groups (broad SMARTS) is 1. The molecule has 1 aliphatic rings. The minimum absolute atomic E-state index is 0.122. The van der Waals surface area contributed by atoms with Gasteiger partial charge in [0.05, 0.1) is 30.4 Å². The van der Waals surface area contributed by atoms with Gasteiger partial charge in [0.1, 0.15) is 12.4 Å². The fourth-order valence-electron chi connectivity index (χ4n) is 4.60. The number of aryl methyl sites for hydroxylation is 1. The zero-order valence-corrected chi connectivity index (χ0v) is 18.9. The lowest BCUT2D eigenvalue weighted by molar-refractivity contribution is -0.0546. The number of aromatic nitrogens is 1. The molecule has 34 heavy (non-hydrogen) atoms. The predicted octanol–water partition coefficient (Wildman–Crippen LogP) is 4.81. The molecule has 2 N–H and O–H groups in total. The predicted molar refractivity (Wildman–Crippen MR) is 122 cm³/mol. The number of H-pyrrole nitrogens is 1. The number of halogens is 2. The Hall–Kier alpha value is -3.46. The number of rotatable bonds is 7. The molecule has 0 unspecified atom stereocenters. The van der Waals surface area contributed by atoms with Gasteiger partial charge in [-0.2, -0.15) is 0 Å². The zero-order chi connectivity index (χ0) is 24.4. The molecule has 0 radical (unpaired) electrons. The van der Waals surface area contributed by atoms with Crippen molar-refractivity contribution in [2.75, 3.05) is 20.3 Å². The molecular weight excluding hydrogens is 446 g/mol. The van der Waals surface area contributed by atoms with E-state index in [-0.39, 0.29) is 11.5 Å².